The molecular formula is C31H33NO3. The molecule has 0 unspecified atom stereocenters. The minimum atomic E-state index is -0.173. The number of benzene rings is 3. The smallest absolute Gasteiger partial charge is 0.248 e. The molecule has 0 fully saturated rings. The fraction of sp³-hybridized carbons (Fsp3) is 0.258. The van der Waals surface area contributed by atoms with E-state index >= 15 is 0 Å². The van der Waals surface area contributed by atoms with E-state index in [4.69, 9.17) is 9.15 Å². The van der Waals surface area contributed by atoms with Crippen LogP contribution in [0.3, 0.4) is 0 Å². The largest absolute Gasteiger partial charge is 0.496 e. The number of rotatable bonds is 8. The van der Waals surface area contributed by atoms with E-state index in [9.17, 15) is 4.79 Å². The number of carbonyl (C=O) groups is 1. The van der Waals surface area contributed by atoms with E-state index < -0.39 is 0 Å². The number of unbranched alkanes of at least 4 members (excludes halogenated alkanes) is 1. The summed E-state index contributed by atoms with van der Waals surface area (Å²) in [5.41, 5.74) is 9.07. The zero-order valence-electron chi connectivity index (χ0n) is 21.2. The van der Waals surface area contributed by atoms with Crippen molar-refractivity contribution < 1.29 is 13.9 Å². The van der Waals surface area contributed by atoms with Gasteiger partial charge in [-0.15, -0.1) is 0 Å². The molecule has 0 aliphatic heterocycles. The second kappa shape index (κ2) is 10.6. The molecule has 0 radical (unpaired) electrons. The summed E-state index contributed by atoms with van der Waals surface area (Å²) in [7, 11) is 1.63. The Balaban J connectivity index is 1.62. The van der Waals surface area contributed by atoms with Gasteiger partial charge < -0.3 is 14.5 Å². The fourth-order valence-electron chi connectivity index (χ4n) is 4.44. The lowest BCUT2D eigenvalue weighted by Gasteiger charge is -2.11. The van der Waals surface area contributed by atoms with Crippen LogP contribution in [0.1, 0.15) is 48.9 Å². The van der Waals surface area contributed by atoms with Crippen molar-refractivity contribution >= 4 is 28.1 Å². The number of nitrogens with one attached hydrogen (secondary N) is 1. The Morgan fingerprint density at radius 1 is 1.03 bits per heavy atom. The Morgan fingerprint density at radius 3 is 2.49 bits per heavy atom. The number of ether oxygens (including phenoxy) is 1. The lowest BCUT2D eigenvalue weighted by atomic mass is 9.96. The quantitative estimate of drug-likeness (QED) is 0.266. The maximum absolute atomic E-state index is 12.8. The van der Waals surface area contributed by atoms with Gasteiger partial charge in [0.05, 0.1) is 13.4 Å². The van der Waals surface area contributed by atoms with Crippen molar-refractivity contribution in [3.05, 3.63) is 89.2 Å². The van der Waals surface area contributed by atoms with Gasteiger partial charge in [0, 0.05) is 34.3 Å². The average Bonchev–Trinajstić information content (AvgIpc) is 3.25. The molecule has 4 heteroatoms. The standard InChI is InChI=1S/C31H33NO3/c1-6-7-8-23-10-12-24(13-11-23)32-31(33)16-22(4)26-17-27-28(19-35-30(27)18-29(26)34-5)25-14-9-20(2)15-21(25)3/h9-19H,6-8H2,1-5H3,(H,32,33)/b22-16+. The van der Waals surface area contributed by atoms with Crippen molar-refractivity contribution in [2.75, 3.05) is 12.4 Å². The van der Waals surface area contributed by atoms with Gasteiger partial charge in [0.1, 0.15) is 11.3 Å². The van der Waals surface area contributed by atoms with E-state index in [1.807, 2.05) is 31.2 Å². The SMILES string of the molecule is CCCCc1ccc(NC(=O)/C=C(\C)c2cc3c(-c4ccc(C)cc4C)coc3cc2OC)cc1. The van der Waals surface area contributed by atoms with Gasteiger partial charge in [0.25, 0.3) is 0 Å². The normalized spacial score (nSPS) is 11.6. The summed E-state index contributed by atoms with van der Waals surface area (Å²) in [5.74, 6) is 0.494. The number of furan rings is 1. The first-order valence-corrected chi connectivity index (χ1v) is 12.1. The Labute approximate surface area is 207 Å². The molecule has 0 bridgehead atoms. The molecule has 0 atom stereocenters. The van der Waals surface area contributed by atoms with Crippen molar-refractivity contribution in [3.63, 3.8) is 0 Å². The minimum Gasteiger partial charge on any atom is -0.496 e. The molecule has 0 spiro atoms. The van der Waals surface area contributed by atoms with E-state index in [0.29, 0.717) is 5.75 Å². The van der Waals surface area contributed by atoms with Gasteiger partial charge in [0.15, 0.2) is 0 Å². The van der Waals surface area contributed by atoms with Crippen molar-refractivity contribution in [3.8, 4) is 16.9 Å². The molecule has 4 aromatic rings. The van der Waals surface area contributed by atoms with Crippen LogP contribution in [0.25, 0.3) is 27.7 Å². The summed E-state index contributed by atoms with van der Waals surface area (Å²) in [4.78, 5) is 12.8. The van der Waals surface area contributed by atoms with Gasteiger partial charge in [-0.2, -0.15) is 0 Å². The Morgan fingerprint density at radius 2 is 1.80 bits per heavy atom. The first-order valence-electron chi connectivity index (χ1n) is 12.1. The molecule has 1 amide bonds. The highest BCUT2D eigenvalue weighted by Crippen LogP contribution is 2.38. The van der Waals surface area contributed by atoms with Crippen LogP contribution >= 0.6 is 0 Å². The maximum atomic E-state index is 12.8. The summed E-state index contributed by atoms with van der Waals surface area (Å²) < 4.78 is 11.5. The van der Waals surface area contributed by atoms with Crippen molar-refractivity contribution in [2.24, 2.45) is 0 Å². The third-order valence-corrected chi connectivity index (χ3v) is 6.38. The molecule has 1 N–H and O–H groups in total. The first kappa shape index (κ1) is 24.3. The minimum absolute atomic E-state index is 0.173. The van der Waals surface area contributed by atoms with Crippen molar-refractivity contribution in [1.82, 2.24) is 0 Å². The number of carbonyl (C=O) groups excluding carboxylic acids is 1. The summed E-state index contributed by atoms with van der Waals surface area (Å²) in [6, 6.07) is 18.4. The second-order valence-electron chi connectivity index (χ2n) is 9.13. The number of methoxy groups -OCH3 is 1. The predicted octanol–water partition coefficient (Wildman–Crippen LogP) is 8.11. The van der Waals surface area contributed by atoms with Crippen LogP contribution in [0.2, 0.25) is 0 Å². The van der Waals surface area contributed by atoms with Gasteiger partial charge in [-0.3, -0.25) is 4.79 Å². The average molecular weight is 468 g/mol. The Kier molecular flexibility index (Phi) is 7.40. The van der Waals surface area contributed by atoms with E-state index in [1.165, 1.54) is 29.5 Å². The zero-order chi connectivity index (χ0) is 24.9. The van der Waals surface area contributed by atoms with Gasteiger partial charge in [-0.25, -0.2) is 0 Å². The molecule has 0 saturated heterocycles. The number of allylic oxidation sites excluding steroid dienone is 1. The lowest BCUT2D eigenvalue weighted by Crippen LogP contribution is -2.08. The van der Waals surface area contributed by atoms with Crippen LogP contribution < -0.4 is 10.1 Å². The van der Waals surface area contributed by atoms with Gasteiger partial charge >= 0.3 is 0 Å². The van der Waals surface area contributed by atoms with E-state index in [0.717, 1.165) is 45.3 Å². The molecule has 180 valence electrons. The lowest BCUT2D eigenvalue weighted by molar-refractivity contribution is -0.111. The molecule has 0 aliphatic carbocycles. The monoisotopic (exact) mass is 467 g/mol. The van der Waals surface area contributed by atoms with Crippen LogP contribution in [-0.4, -0.2) is 13.0 Å². The molecule has 1 aromatic heterocycles. The molecule has 35 heavy (non-hydrogen) atoms. The number of amides is 1. The molecule has 0 aliphatic rings. The summed E-state index contributed by atoms with van der Waals surface area (Å²) in [5, 5.41) is 3.96. The number of fused-ring (bicyclic) bond motifs is 1. The number of aryl methyl sites for hydroxylation is 3. The van der Waals surface area contributed by atoms with Gasteiger partial charge in [-0.1, -0.05) is 49.2 Å². The third-order valence-electron chi connectivity index (χ3n) is 6.38. The summed E-state index contributed by atoms with van der Waals surface area (Å²) >= 11 is 0. The highest BCUT2D eigenvalue weighted by Gasteiger charge is 2.16. The highest BCUT2D eigenvalue weighted by atomic mass is 16.5. The van der Waals surface area contributed by atoms with Crippen LogP contribution in [0.15, 0.2) is 71.4 Å². The number of hydrogen-bond donors (Lipinski definition) is 1. The summed E-state index contributed by atoms with van der Waals surface area (Å²) in [6.07, 6.45) is 6.81. The topological polar surface area (TPSA) is 51.5 Å². The number of anilines is 1. The molecular weight excluding hydrogens is 434 g/mol. The van der Waals surface area contributed by atoms with Crippen molar-refractivity contribution in [1.29, 1.82) is 0 Å². The third kappa shape index (κ3) is 5.48. The second-order valence-corrected chi connectivity index (χ2v) is 9.13. The molecule has 4 nitrogen and oxygen atoms in total. The van der Waals surface area contributed by atoms with E-state index in [1.54, 1.807) is 19.4 Å². The fourth-order valence-corrected chi connectivity index (χ4v) is 4.44. The molecule has 4 rings (SSSR count). The van der Waals surface area contributed by atoms with Gasteiger partial charge in [0.2, 0.25) is 5.91 Å². The Hall–Kier alpha value is -3.79. The van der Waals surface area contributed by atoms with Crippen LogP contribution in [-0.2, 0) is 11.2 Å². The maximum Gasteiger partial charge on any atom is 0.248 e. The van der Waals surface area contributed by atoms with Crippen LogP contribution in [0, 0.1) is 13.8 Å². The van der Waals surface area contributed by atoms with Crippen LogP contribution in [0.5, 0.6) is 5.75 Å². The van der Waals surface area contributed by atoms with E-state index in [2.05, 4.69) is 56.4 Å². The van der Waals surface area contributed by atoms with Gasteiger partial charge in [-0.05, 0) is 74.1 Å². The number of hydrogen-bond acceptors (Lipinski definition) is 3. The van der Waals surface area contributed by atoms with Crippen molar-refractivity contribution in [2.45, 2.75) is 47.0 Å². The molecule has 1 heterocycles. The predicted molar refractivity (Wildman–Crippen MR) is 145 cm³/mol. The molecule has 0 saturated carbocycles. The Bertz CT molecular complexity index is 1380. The first-order chi connectivity index (χ1) is 16.9. The zero-order valence-corrected chi connectivity index (χ0v) is 21.2. The van der Waals surface area contributed by atoms with Crippen LogP contribution in [0.4, 0.5) is 5.69 Å². The highest BCUT2D eigenvalue weighted by molar-refractivity contribution is 6.05. The molecule has 3 aromatic carbocycles. The van der Waals surface area contributed by atoms with E-state index in [-0.39, 0.29) is 5.91 Å². The summed E-state index contributed by atoms with van der Waals surface area (Å²) in [6.45, 7) is 8.31.